The number of benzene rings is 1. The van der Waals surface area contributed by atoms with Crippen molar-refractivity contribution in [3.05, 3.63) is 35.9 Å². The normalized spacial score (nSPS) is 10.2. The number of halogens is 1. The van der Waals surface area contributed by atoms with E-state index in [9.17, 15) is 9.18 Å². The maximum absolute atomic E-state index is 13.5. The molecule has 2 aromatic rings. The average Bonchev–Trinajstić information content (AvgIpc) is 2.74. The average molecular weight is 249 g/mol. The summed E-state index contributed by atoms with van der Waals surface area (Å²) in [6, 6.07) is 4.29. The van der Waals surface area contributed by atoms with Gasteiger partial charge in [-0.1, -0.05) is 6.07 Å². The van der Waals surface area contributed by atoms with Gasteiger partial charge < -0.3 is 5.32 Å². The zero-order valence-corrected chi connectivity index (χ0v) is 9.94. The monoisotopic (exact) mass is 249 g/mol. The predicted molar refractivity (Wildman–Crippen MR) is 64.9 cm³/mol. The second kappa shape index (κ2) is 4.82. The lowest BCUT2D eigenvalue weighted by Crippen LogP contribution is -2.17. The van der Waals surface area contributed by atoms with E-state index in [1.54, 1.807) is 14.1 Å². The summed E-state index contributed by atoms with van der Waals surface area (Å²) in [7, 11) is 3.20. The number of anilines is 2. The molecule has 0 atom stereocenters. The van der Waals surface area contributed by atoms with Gasteiger partial charge in [-0.3, -0.25) is 10.1 Å². The van der Waals surface area contributed by atoms with Crippen LogP contribution < -0.4 is 10.6 Å². The SMILES string of the molecule is CNc1c(F)cccc1C(=O)Nc1ncnn1C. The van der Waals surface area contributed by atoms with E-state index in [0.717, 1.165) is 0 Å². The number of hydrogen-bond acceptors (Lipinski definition) is 4. The van der Waals surface area contributed by atoms with E-state index in [4.69, 9.17) is 0 Å². The number of carbonyl (C=O) groups excluding carboxylic acids is 1. The molecule has 1 amide bonds. The van der Waals surface area contributed by atoms with Crippen molar-refractivity contribution in [2.24, 2.45) is 7.05 Å². The lowest BCUT2D eigenvalue weighted by Gasteiger charge is -2.09. The molecule has 0 aliphatic carbocycles. The van der Waals surface area contributed by atoms with Crippen molar-refractivity contribution in [2.45, 2.75) is 0 Å². The van der Waals surface area contributed by atoms with E-state index in [0.29, 0.717) is 5.95 Å². The smallest absolute Gasteiger partial charge is 0.260 e. The van der Waals surface area contributed by atoms with Crippen molar-refractivity contribution in [3.63, 3.8) is 0 Å². The molecule has 1 aromatic heterocycles. The van der Waals surface area contributed by atoms with E-state index in [2.05, 4.69) is 20.7 Å². The molecule has 1 aromatic carbocycles. The Morgan fingerprint density at radius 1 is 1.44 bits per heavy atom. The fourth-order valence-electron chi connectivity index (χ4n) is 1.55. The van der Waals surface area contributed by atoms with Crippen LogP contribution in [0.4, 0.5) is 16.0 Å². The highest BCUT2D eigenvalue weighted by molar-refractivity contribution is 6.07. The van der Waals surface area contributed by atoms with Crippen LogP contribution in [0.5, 0.6) is 0 Å². The number of para-hydroxylation sites is 1. The Balaban J connectivity index is 2.30. The van der Waals surface area contributed by atoms with Gasteiger partial charge in [-0.2, -0.15) is 10.1 Å². The molecule has 18 heavy (non-hydrogen) atoms. The van der Waals surface area contributed by atoms with E-state index < -0.39 is 11.7 Å². The lowest BCUT2D eigenvalue weighted by molar-refractivity contribution is 0.102. The summed E-state index contributed by atoms with van der Waals surface area (Å²) < 4.78 is 14.9. The maximum atomic E-state index is 13.5. The van der Waals surface area contributed by atoms with E-state index >= 15 is 0 Å². The van der Waals surface area contributed by atoms with Crippen LogP contribution in [0.3, 0.4) is 0 Å². The molecule has 0 aliphatic heterocycles. The molecule has 7 heteroatoms. The third-order valence-corrected chi connectivity index (χ3v) is 2.44. The summed E-state index contributed by atoms with van der Waals surface area (Å²) in [6.07, 6.45) is 1.32. The Kier molecular flexibility index (Phi) is 3.22. The number of nitrogens with one attached hydrogen (secondary N) is 2. The molecule has 0 aliphatic rings. The van der Waals surface area contributed by atoms with Crippen LogP contribution in [-0.4, -0.2) is 27.7 Å². The van der Waals surface area contributed by atoms with Crippen LogP contribution >= 0.6 is 0 Å². The van der Waals surface area contributed by atoms with Crippen molar-refractivity contribution in [1.82, 2.24) is 14.8 Å². The minimum Gasteiger partial charge on any atom is -0.385 e. The zero-order chi connectivity index (χ0) is 13.1. The van der Waals surface area contributed by atoms with Gasteiger partial charge in [0.1, 0.15) is 12.1 Å². The summed E-state index contributed by atoms with van der Waals surface area (Å²) in [4.78, 5) is 15.9. The van der Waals surface area contributed by atoms with Gasteiger partial charge in [0.15, 0.2) is 0 Å². The van der Waals surface area contributed by atoms with Gasteiger partial charge in [0.05, 0.1) is 11.3 Å². The van der Waals surface area contributed by atoms with Crippen LogP contribution in [0, 0.1) is 5.82 Å². The number of hydrogen-bond donors (Lipinski definition) is 2. The van der Waals surface area contributed by atoms with Crippen LogP contribution in [-0.2, 0) is 7.05 Å². The molecular weight excluding hydrogens is 237 g/mol. The Morgan fingerprint density at radius 3 is 2.83 bits per heavy atom. The van der Waals surface area contributed by atoms with Crippen molar-refractivity contribution < 1.29 is 9.18 Å². The number of amides is 1. The Hall–Kier alpha value is -2.44. The van der Waals surface area contributed by atoms with E-state index in [1.165, 1.54) is 29.2 Å². The highest BCUT2D eigenvalue weighted by Crippen LogP contribution is 2.20. The second-order valence-electron chi connectivity index (χ2n) is 3.57. The third-order valence-electron chi connectivity index (χ3n) is 2.44. The molecule has 2 N–H and O–H groups in total. The van der Waals surface area contributed by atoms with Crippen molar-refractivity contribution in [1.29, 1.82) is 0 Å². The number of rotatable bonds is 3. The molecule has 6 nitrogen and oxygen atoms in total. The standard InChI is InChI=1S/C11H12FN5O/c1-13-9-7(4-3-5-8(9)12)10(18)16-11-14-6-15-17(11)2/h3-6,13H,1-2H3,(H,14,15,16,18). The molecule has 0 bridgehead atoms. The first-order valence-corrected chi connectivity index (χ1v) is 5.25. The first-order valence-electron chi connectivity index (χ1n) is 5.25. The zero-order valence-electron chi connectivity index (χ0n) is 9.94. The van der Waals surface area contributed by atoms with Gasteiger partial charge in [0.25, 0.3) is 5.91 Å². The van der Waals surface area contributed by atoms with Gasteiger partial charge in [-0.15, -0.1) is 0 Å². The molecule has 0 unspecified atom stereocenters. The number of aryl methyl sites for hydroxylation is 1. The highest BCUT2D eigenvalue weighted by Gasteiger charge is 2.15. The lowest BCUT2D eigenvalue weighted by atomic mass is 10.1. The minimum absolute atomic E-state index is 0.150. The highest BCUT2D eigenvalue weighted by atomic mass is 19.1. The fraction of sp³-hybridized carbons (Fsp3) is 0.182. The van der Waals surface area contributed by atoms with Gasteiger partial charge in [-0.25, -0.2) is 9.07 Å². The number of carbonyl (C=O) groups is 1. The summed E-state index contributed by atoms with van der Waals surface area (Å²) in [5, 5.41) is 9.04. The van der Waals surface area contributed by atoms with Crippen molar-refractivity contribution >= 4 is 17.5 Å². The Labute approximate surface area is 103 Å². The summed E-state index contributed by atoms with van der Waals surface area (Å²) >= 11 is 0. The molecule has 0 fully saturated rings. The quantitative estimate of drug-likeness (QED) is 0.858. The van der Waals surface area contributed by atoms with Gasteiger partial charge in [0.2, 0.25) is 5.95 Å². The van der Waals surface area contributed by atoms with Gasteiger partial charge >= 0.3 is 0 Å². The molecule has 2 rings (SSSR count). The van der Waals surface area contributed by atoms with Crippen LogP contribution in [0.1, 0.15) is 10.4 Å². The van der Waals surface area contributed by atoms with E-state index in [-0.39, 0.29) is 11.3 Å². The minimum atomic E-state index is -0.483. The number of nitrogens with zero attached hydrogens (tertiary/aromatic N) is 3. The molecule has 1 heterocycles. The largest absolute Gasteiger partial charge is 0.385 e. The molecule has 94 valence electrons. The molecule has 0 saturated carbocycles. The first-order chi connectivity index (χ1) is 8.63. The molecule has 0 radical (unpaired) electrons. The third kappa shape index (κ3) is 2.15. The first kappa shape index (κ1) is 12.0. The fourth-order valence-corrected chi connectivity index (χ4v) is 1.55. The summed E-state index contributed by atoms with van der Waals surface area (Å²) in [6.45, 7) is 0. The van der Waals surface area contributed by atoms with Crippen LogP contribution in [0.2, 0.25) is 0 Å². The van der Waals surface area contributed by atoms with Crippen LogP contribution in [0.15, 0.2) is 24.5 Å². The Morgan fingerprint density at radius 2 is 2.22 bits per heavy atom. The topological polar surface area (TPSA) is 71.8 Å². The molecule has 0 saturated heterocycles. The summed E-state index contributed by atoms with van der Waals surface area (Å²) in [5.41, 5.74) is 0.359. The maximum Gasteiger partial charge on any atom is 0.260 e. The van der Waals surface area contributed by atoms with Crippen molar-refractivity contribution in [3.8, 4) is 0 Å². The van der Waals surface area contributed by atoms with E-state index in [1.807, 2.05) is 0 Å². The predicted octanol–water partition coefficient (Wildman–Crippen LogP) is 1.25. The molecular formula is C11H12FN5O. The molecule has 0 spiro atoms. The number of aromatic nitrogens is 3. The van der Waals surface area contributed by atoms with Gasteiger partial charge in [0, 0.05) is 14.1 Å². The Bertz CT molecular complexity index is 581. The van der Waals surface area contributed by atoms with Gasteiger partial charge in [-0.05, 0) is 12.1 Å². The van der Waals surface area contributed by atoms with Crippen LogP contribution in [0.25, 0.3) is 0 Å². The second-order valence-corrected chi connectivity index (χ2v) is 3.57. The van der Waals surface area contributed by atoms with Crippen molar-refractivity contribution in [2.75, 3.05) is 17.7 Å². The summed E-state index contributed by atoms with van der Waals surface area (Å²) in [5.74, 6) is -0.635.